The van der Waals surface area contributed by atoms with Crippen LogP contribution in [0.4, 0.5) is 17.2 Å². The average molecular weight is 489 g/mol. The Morgan fingerprint density at radius 3 is 2.57 bits per heavy atom. The van der Waals surface area contributed by atoms with Crippen LogP contribution < -0.4 is 5.32 Å². The summed E-state index contributed by atoms with van der Waals surface area (Å²) in [5.41, 5.74) is 2.99. The molecule has 2 aromatic heterocycles. The molecule has 37 heavy (non-hydrogen) atoms. The maximum absolute atomic E-state index is 13.4. The molecular formula is C27H20N8O2. The predicted octanol–water partition coefficient (Wildman–Crippen LogP) is 5.68. The summed E-state index contributed by atoms with van der Waals surface area (Å²) in [7, 11) is 0. The van der Waals surface area contributed by atoms with Gasteiger partial charge >= 0.3 is 0 Å². The number of aryl methyl sites for hydroxylation is 2. The van der Waals surface area contributed by atoms with Gasteiger partial charge in [0, 0.05) is 18.1 Å². The third-order valence-corrected chi connectivity index (χ3v) is 5.85. The van der Waals surface area contributed by atoms with Gasteiger partial charge in [0.1, 0.15) is 17.3 Å². The quantitative estimate of drug-likeness (QED) is 0.305. The van der Waals surface area contributed by atoms with Crippen molar-refractivity contribution in [1.82, 2.24) is 19.7 Å². The van der Waals surface area contributed by atoms with E-state index in [9.17, 15) is 15.2 Å². The molecule has 10 nitrogen and oxygen atoms in total. The molecule has 0 fully saturated rings. The van der Waals surface area contributed by atoms with E-state index in [2.05, 4.69) is 30.6 Å². The molecule has 2 N–H and O–H groups in total. The number of fused-ring (bicyclic) bond motifs is 1. The van der Waals surface area contributed by atoms with Crippen molar-refractivity contribution in [3.05, 3.63) is 95.4 Å². The molecule has 1 amide bonds. The van der Waals surface area contributed by atoms with E-state index >= 15 is 0 Å². The number of nitriles is 1. The van der Waals surface area contributed by atoms with Crippen LogP contribution in [-0.4, -0.2) is 30.8 Å². The standard InChI is InChI=1S/C27H20N8O2/c1-16-8-9-20(12-17(16)2)32-26(37)23-21-7-4-3-6-18(21)13-22(24(23)36)33-34-25-19(14-28)15-31-35(25)27-29-10-5-11-30-27/h3-13,15,36H,1-2H3,(H,32,37). The number of amides is 1. The molecule has 0 radical (unpaired) electrons. The number of rotatable bonds is 5. The number of nitrogens with one attached hydrogen (secondary N) is 1. The second kappa shape index (κ2) is 9.67. The monoisotopic (exact) mass is 488 g/mol. The lowest BCUT2D eigenvalue weighted by Crippen LogP contribution is -2.13. The summed E-state index contributed by atoms with van der Waals surface area (Å²) >= 11 is 0. The SMILES string of the molecule is Cc1ccc(NC(=O)c2c(O)c(N=Nc3c(C#N)cnn3-c3ncccn3)cc3ccccc23)cc1C. The third kappa shape index (κ3) is 4.49. The molecule has 0 aliphatic rings. The number of benzene rings is 3. The maximum Gasteiger partial charge on any atom is 0.260 e. The number of azo groups is 1. The fourth-order valence-electron chi connectivity index (χ4n) is 3.81. The van der Waals surface area contributed by atoms with Gasteiger partial charge in [-0.3, -0.25) is 4.79 Å². The lowest BCUT2D eigenvalue weighted by atomic mass is 10.0. The van der Waals surface area contributed by atoms with E-state index in [0.717, 1.165) is 11.1 Å². The van der Waals surface area contributed by atoms with Gasteiger partial charge in [0.25, 0.3) is 11.9 Å². The molecular weight excluding hydrogens is 468 g/mol. The smallest absolute Gasteiger partial charge is 0.260 e. The van der Waals surface area contributed by atoms with E-state index in [-0.39, 0.29) is 34.3 Å². The number of carbonyl (C=O) groups excluding carboxylic acids is 1. The van der Waals surface area contributed by atoms with E-state index in [1.54, 1.807) is 30.3 Å². The van der Waals surface area contributed by atoms with Gasteiger partial charge in [-0.15, -0.1) is 10.2 Å². The summed E-state index contributed by atoms with van der Waals surface area (Å²) in [5, 5.41) is 37.3. The van der Waals surface area contributed by atoms with Crippen LogP contribution in [-0.2, 0) is 0 Å². The topological polar surface area (TPSA) is 141 Å². The minimum atomic E-state index is -0.491. The van der Waals surface area contributed by atoms with Crippen molar-refractivity contribution in [3.8, 4) is 17.8 Å². The summed E-state index contributed by atoms with van der Waals surface area (Å²) in [5.74, 6) is -0.546. The Morgan fingerprint density at radius 1 is 1.03 bits per heavy atom. The molecule has 0 bridgehead atoms. The van der Waals surface area contributed by atoms with Gasteiger partial charge in [-0.1, -0.05) is 30.3 Å². The van der Waals surface area contributed by atoms with Gasteiger partial charge < -0.3 is 10.4 Å². The van der Waals surface area contributed by atoms with Crippen LogP contribution in [0.15, 0.2) is 83.4 Å². The molecule has 0 aliphatic heterocycles. The van der Waals surface area contributed by atoms with E-state index in [1.807, 2.05) is 44.2 Å². The fraction of sp³-hybridized carbons (Fsp3) is 0.0741. The zero-order valence-corrected chi connectivity index (χ0v) is 19.9. The molecule has 0 saturated carbocycles. The van der Waals surface area contributed by atoms with Gasteiger partial charge in [0.15, 0.2) is 11.6 Å². The first kappa shape index (κ1) is 23.3. The van der Waals surface area contributed by atoms with Crippen LogP contribution in [0.3, 0.4) is 0 Å². The molecule has 0 atom stereocenters. The van der Waals surface area contributed by atoms with Crippen LogP contribution in [0.25, 0.3) is 16.7 Å². The van der Waals surface area contributed by atoms with Gasteiger partial charge in [-0.05, 0) is 60.0 Å². The van der Waals surface area contributed by atoms with Crippen molar-refractivity contribution in [2.24, 2.45) is 10.2 Å². The minimum absolute atomic E-state index is 0.0505. The van der Waals surface area contributed by atoms with Crippen molar-refractivity contribution in [3.63, 3.8) is 0 Å². The molecule has 0 unspecified atom stereocenters. The van der Waals surface area contributed by atoms with E-state index in [4.69, 9.17) is 0 Å². The highest BCUT2D eigenvalue weighted by Gasteiger charge is 2.20. The Hall–Kier alpha value is -5.43. The van der Waals surface area contributed by atoms with Crippen molar-refractivity contribution in [1.29, 1.82) is 5.26 Å². The first-order chi connectivity index (χ1) is 18.0. The van der Waals surface area contributed by atoms with Crippen LogP contribution >= 0.6 is 0 Å². The Morgan fingerprint density at radius 2 is 1.81 bits per heavy atom. The lowest BCUT2D eigenvalue weighted by molar-refractivity contribution is 0.102. The lowest BCUT2D eigenvalue weighted by Gasteiger charge is -2.13. The van der Waals surface area contributed by atoms with Crippen molar-refractivity contribution >= 4 is 33.9 Å². The largest absolute Gasteiger partial charge is 0.505 e. The molecule has 0 aliphatic carbocycles. The Bertz CT molecular complexity index is 1720. The number of nitrogens with zero attached hydrogens (tertiary/aromatic N) is 7. The number of phenolic OH excluding ortho intramolecular Hbond substituents is 1. The molecule has 5 rings (SSSR count). The summed E-state index contributed by atoms with van der Waals surface area (Å²) in [6.07, 6.45) is 4.40. The van der Waals surface area contributed by atoms with Crippen LogP contribution in [0.2, 0.25) is 0 Å². The number of anilines is 1. The molecule has 3 aromatic carbocycles. The number of phenols is 1. The number of hydrogen-bond donors (Lipinski definition) is 2. The fourth-order valence-corrected chi connectivity index (χ4v) is 3.81. The van der Waals surface area contributed by atoms with Crippen LogP contribution in [0.5, 0.6) is 5.75 Å². The highest BCUT2D eigenvalue weighted by atomic mass is 16.3. The molecule has 0 spiro atoms. The Balaban J connectivity index is 1.59. The first-order valence-corrected chi connectivity index (χ1v) is 11.3. The van der Waals surface area contributed by atoms with Crippen molar-refractivity contribution in [2.75, 3.05) is 5.32 Å². The van der Waals surface area contributed by atoms with Crippen LogP contribution in [0, 0.1) is 25.2 Å². The Labute approximate surface area is 211 Å². The highest BCUT2D eigenvalue weighted by molar-refractivity contribution is 6.16. The van der Waals surface area contributed by atoms with Crippen molar-refractivity contribution < 1.29 is 9.90 Å². The maximum atomic E-state index is 13.4. The van der Waals surface area contributed by atoms with Gasteiger partial charge in [0.05, 0.1) is 11.8 Å². The summed E-state index contributed by atoms with van der Waals surface area (Å²) in [6, 6.07) is 18.0. The Kier molecular flexibility index (Phi) is 6.10. The van der Waals surface area contributed by atoms with E-state index < -0.39 is 5.91 Å². The molecule has 180 valence electrons. The number of carbonyl (C=O) groups is 1. The highest BCUT2D eigenvalue weighted by Crippen LogP contribution is 2.38. The summed E-state index contributed by atoms with van der Waals surface area (Å²) in [6.45, 7) is 3.95. The molecule has 2 heterocycles. The average Bonchev–Trinajstić information content (AvgIpc) is 3.33. The van der Waals surface area contributed by atoms with E-state index in [0.29, 0.717) is 16.5 Å². The number of hydrogen-bond acceptors (Lipinski definition) is 8. The third-order valence-electron chi connectivity index (χ3n) is 5.85. The van der Waals surface area contributed by atoms with Crippen LogP contribution in [0.1, 0.15) is 27.0 Å². The molecule has 0 saturated heterocycles. The minimum Gasteiger partial charge on any atom is -0.505 e. The van der Waals surface area contributed by atoms with Gasteiger partial charge in [-0.25, -0.2) is 9.97 Å². The first-order valence-electron chi connectivity index (χ1n) is 11.3. The summed E-state index contributed by atoms with van der Waals surface area (Å²) in [4.78, 5) is 21.6. The number of aromatic hydroxyl groups is 1. The van der Waals surface area contributed by atoms with Crippen molar-refractivity contribution in [2.45, 2.75) is 13.8 Å². The van der Waals surface area contributed by atoms with E-state index in [1.165, 1.54) is 23.3 Å². The second-order valence-corrected chi connectivity index (χ2v) is 8.25. The molecule has 10 heteroatoms. The summed E-state index contributed by atoms with van der Waals surface area (Å²) < 4.78 is 1.27. The predicted molar refractivity (Wildman–Crippen MR) is 138 cm³/mol. The molecule has 5 aromatic rings. The van der Waals surface area contributed by atoms with Gasteiger partial charge in [-0.2, -0.15) is 15.0 Å². The normalized spacial score (nSPS) is 11.1. The number of aromatic nitrogens is 4. The second-order valence-electron chi connectivity index (χ2n) is 8.25. The van der Waals surface area contributed by atoms with Gasteiger partial charge in [0.2, 0.25) is 0 Å². The zero-order valence-electron chi connectivity index (χ0n) is 19.9. The zero-order chi connectivity index (χ0) is 25.9.